The Bertz CT molecular complexity index is 772. The molecule has 0 saturated carbocycles. The van der Waals surface area contributed by atoms with Gasteiger partial charge < -0.3 is 0 Å². The third-order valence-electron chi connectivity index (χ3n) is 3.46. The number of amidine groups is 1. The third kappa shape index (κ3) is 3.26. The van der Waals surface area contributed by atoms with Crippen molar-refractivity contribution in [3.8, 4) is 0 Å². The molecule has 0 aromatic heterocycles. The summed E-state index contributed by atoms with van der Waals surface area (Å²) in [5.74, 6) is -0.256. The van der Waals surface area contributed by atoms with Crippen LogP contribution in [0.2, 0.25) is 0 Å². The van der Waals surface area contributed by atoms with Gasteiger partial charge in [0.05, 0.1) is 5.69 Å². The van der Waals surface area contributed by atoms with Crippen LogP contribution >= 0.6 is 22.6 Å². The van der Waals surface area contributed by atoms with Crippen molar-refractivity contribution in [2.75, 3.05) is 5.01 Å². The number of carbonyl (C=O) groups excluding carboxylic acids is 2. The number of anilines is 1. The highest BCUT2D eigenvalue weighted by Gasteiger charge is 2.33. The van der Waals surface area contributed by atoms with Crippen molar-refractivity contribution in [3.05, 3.63) is 63.7 Å². The highest BCUT2D eigenvalue weighted by atomic mass is 127. The molecule has 1 N–H and O–H groups in total. The summed E-state index contributed by atoms with van der Waals surface area (Å²) < 4.78 is 1.07. The zero-order valence-corrected chi connectivity index (χ0v) is 14.5. The first-order chi connectivity index (χ1) is 11.1. The topological polar surface area (TPSA) is 61.8 Å². The number of hydrogen-bond donors (Lipinski definition) is 1. The quantitative estimate of drug-likeness (QED) is 0.779. The zero-order chi connectivity index (χ0) is 16.4. The van der Waals surface area contributed by atoms with Gasteiger partial charge in [0.1, 0.15) is 0 Å². The van der Waals surface area contributed by atoms with Gasteiger partial charge in [0.15, 0.2) is 17.7 Å². The van der Waals surface area contributed by atoms with E-state index in [1.807, 2.05) is 54.6 Å². The zero-order valence-electron chi connectivity index (χ0n) is 12.4. The van der Waals surface area contributed by atoms with Crippen molar-refractivity contribution in [1.29, 1.82) is 0 Å². The molecule has 1 amide bonds. The molecule has 1 heterocycles. The molecule has 0 bridgehead atoms. The molecule has 23 heavy (non-hydrogen) atoms. The average molecular weight is 419 g/mol. The lowest BCUT2D eigenvalue weighted by atomic mass is 10.1. The maximum atomic E-state index is 12.8. The molecule has 0 radical (unpaired) electrons. The number of nitrogens with one attached hydrogen (secondary N) is 1. The molecule has 0 fully saturated rings. The van der Waals surface area contributed by atoms with E-state index in [0.717, 1.165) is 9.13 Å². The standard InChI is InChI=1S/C17H14IN3O2/c1-11(22)16-19-15(12-5-3-2-4-6-12)17(23)21(20-16)14-9-7-13(18)8-10-14/h2-10,15H,1H3,(H,19,20). The van der Waals surface area contributed by atoms with Gasteiger partial charge in [-0.2, -0.15) is 0 Å². The van der Waals surface area contributed by atoms with Gasteiger partial charge >= 0.3 is 0 Å². The van der Waals surface area contributed by atoms with Gasteiger partial charge in [0, 0.05) is 10.5 Å². The van der Waals surface area contributed by atoms with Crippen LogP contribution in [0.4, 0.5) is 5.69 Å². The van der Waals surface area contributed by atoms with Crippen molar-refractivity contribution < 1.29 is 9.59 Å². The van der Waals surface area contributed by atoms with E-state index < -0.39 is 6.04 Å². The summed E-state index contributed by atoms with van der Waals surface area (Å²) in [5.41, 5.74) is 4.25. The number of hydrazine groups is 1. The van der Waals surface area contributed by atoms with Gasteiger partial charge in [0.25, 0.3) is 5.91 Å². The number of nitrogens with zero attached hydrogens (tertiary/aromatic N) is 2. The SMILES string of the molecule is CC(=O)C1=NC(c2ccccc2)C(=O)N(c2ccc(I)cc2)N1. The minimum Gasteiger partial charge on any atom is -0.291 e. The van der Waals surface area contributed by atoms with Crippen LogP contribution < -0.4 is 10.4 Å². The number of aliphatic imine (C=N–C) groups is 1. The smallest absolute Gasteiger partial charge is 0.275 e. The van der Waals surface area contributed by atoms with E-state index in [-0.39, 0.29) is 17.5 Å². The van der Waals surface area contributed by atoms with Crippen LogP contribution in [0.5, 0.6) is 0 Å². The van der Waals surface area contributed by atoms with Crippen LogP contribution in [-0.4, -0.2) is 17.5 Å². The van der Waals surface area contributed by atoms with Gasteiger partial charge in [0.2, 0.25) is 0 Å². The van der Waals surface area contributed by atoms with Gasteiger partial charge in [-0.05, 0) is 52.4 Å². The van der Waals surface area contributed by atoms with E-state index in [1.54, 1.807) is 0 Å². The monoisotopic (exact) mass is 419 g/mol. The number of benzene rings is 2. The van der Waals surface area contributed by atoms with Gasteiger partial charge in [-0.25, -0.2) is 10.0 Å². The lowest BCUT2D eigenvalue weighted by Gasteiger charge is -2.31. The summed E-state index contributed by atoms with van der Waals surface area (Å²) >= 11 is 2.20. The fourth-order valence-electron chi connectivity index (χ4n) is 2.30. The number of carbonyl (C=O) groups is 2. The second-order valence-corrected chi connectivity index (χ2v) is 6.35. The number of rotatable bonds is 3. The third-order valence-corrected chi connectivity index (χ3v) is 4.18. The highest BCUT2D eigenvalue weighted by Crippen LogP contribution is 2.26. The van der Waals surface area contributed by atoms with Crippen LogP contribution in [0.25, 0.3) is 0 Å². The van der Waals surface area contributed by atoms with E-state index in [9.17, 15) is 9.59 Å². The van der Waals surface area contributed by atoms with Crippen LogP contribution in [0.15, 0.2) is 59.6 Å². The maximum absolute atomic E-state index is 12.8. The number of Topliss-reactive ketones (excluding diaryl/α,β-unsaturated/α-hetero) is 1. The first-order valence-corrected chi connectivity index (χ1v) is 8.14. The molecular weight excluding hydrogens is 405 g/mol. The molecule has 1 atom stereocenters. The average Bonchev–Trinajstić information content (AvgIpc) is 2.56. The van der Waals surface area contributed by atoms with Crippen molar-refractivity contribution in [2.24, 2.45) is 4.99 Å². The minimum absolute atomic E-state index is 0.178. The van der Waals surface area contributed by atoms with E-state index in [2.05, 4.69) is 33.0 Å². The molecule has 2 aromatic rings. The lowest BCUT2D eigenvalue weighted by molar-refractivity contribution is -0.120. The molecule has 0 aliphatic carbocycles. The Morgan fingerprint density at radius 1 is 1.13 bits per heavy atom. The largest absolute Gasteiger partial charge is 0.291 e. The second kappa shape index (κ2) is 6.49. The Kier molecular flexibility index (Phi) is 4.42. The fraction of sp³-hybridized carbons (Fsp3) is 0.118. The summed E-state index contributed by atoms with van der Waals surface area (Å²) in [5, 5.41) is 1.39. The van der Waals surface area contributed by atoms with Crippen LogP contribution in [0, 0.1) is 3.57 Å². The summed E-state index contributed by atoms with van der Waals surface area (Å²) in [7, 11) is 0. The van der Waals surface area contributed by atoms with Crippen LogP contribution in [-0.2, 0) is 9.59 Å². The van der Waals surface area contributed by atoms with Crippen LogP contribution in [0.3, 0.4) is 0 Å². The van der Waals surface area contributed by atoms with E-state index >= 15 is 0 Å². The molecule has 2 aromatic carbocycles. The predicted octanol–water partition coefficient (Wildman–Crippen LogP) is 2.87. The Hall–Kier alpha value is -2.22. The molecule has 0 saturated heterocycles. The van der Waals surface area contributed by atoms with Gasteiger partial charge in [-0.15, -0.1) is 0 Å². The molecule has 6 heteroatoms. The van der Waals surface area contributed by atoms with Gasteiger partial charge in [-0.1, -0.05) is 30.3 Å². The summed E-state index contributed by atoms with van der Waals surface area (Å²) in [6.07, 6.45) is 0. The van der Waals surface area contributed by atoms with E-state index in [4.69, 9.17) is 0 Å². The Morgan fingerprint density at radius 3 is 2.39 bits per heavy atom. The molecule has 1 unspecified atom stereocenters. The normalized spacial score (nSPS) is 17.5. The number of halogens is 1. The van der Waals surface area contributed by atoms with Crippen molar-refractivity contribution in [2.45, 2.75) is 13.0 Å². The van der Waals surface area contributed by atoms with Crippen molar-refractivity contribution in [3.63, 3.8) is 0 Å². The molecular formula is C17H14IN3O2. The Labute approximate surface area is 147 Å². The molecule has 1 aliphatic rings. The number of ketones is 1. The molecule has 116 valence electrons. The second-order valence-electron chi connectivity index (χ2n) is 5.11. The van der Waals surface area contributed by atoms with E-state index in [0.29, 0.717) is 5.69 Å². The predicted molar refractivity (Wildman–Crippen MR) is 97.1 cm³/mol. The summed E-state index contributed by atoms with van der Waals surface area (Å²) in [6, 6.07) is 16.0. The summed E-state index contributed by atoms with van der Waals surface area (Å²) in [6.45, 7) is 1.43. The highest BCUT2D eigenvalue weighted by molar-refractivity contribution is 14.1. The molecule has 0 spiro atoms. The van der Waals surface area contributed by atoms with E-state index in [1.165, 1.54) is 11.9 Å². The fourth-order valence-corrected chi connectivity index (χ4v) is 2.66. The first kappa shape index (κ1) is 15.7. The molecule has 1 aliphatic heterocycles. The van der Waals surface area contributed by atoms with Crippen molar-refractivity contribution in [1.82, 2.24) is 5.43 Å². The van der Waals surface area contributed by atoms with Crippen molar-refractivity contribution >= 4 is 45.8 Å². The lowest BCUT2D eigenvalue weighted by Crippen LogP contribution is -2.54. The minimum atomic E-state index is -0.726. The van der Waals surface area contributed by atoms with Crippen LogP contribution in [0.1, 0.15) is 18.5 Å². The Morgan fingerprint density at radius 2 is 1.78 bits per heavy atom. The maximum Gasteiger partial charge on any atom is 0.275 e. The van der Waals surface area contributed by atoms with Gasteiger partial charge in [-0.3, -0.25) is 15.0 Å². The number of hydrogen-bond acceptors (Lipinski definition) is 4. The Balaban J connectivity index is 2.03. The summed E-state index contributed by atoms with van der Waals surface area (Å²) in [4.78, 5) is 28.9. The number of amides is 1. The molecule has 3 rings (SSSR count). The molecule has 5 nitrogen and oxygen atoms in total. The first-order valence-electron chi connectivity index (χ1n) is 7.06.